The van der Waals surface area contributed by atoms with Crippen LogP contribution in [0.3, 0.4) is 0 Å². The maximum Gasteiger partial charge on any atom is 0.227 e. The summed E-state index contributed by atoms with van der Waals surface area (Å²) in [5.41, 5.74) is 0. The first-order valence-electron chi connectivity index (χ1n) is 3.48. The third-order valence-corrected chi connectivity index (χ3v) is 3.17. The zero-order valence-electron chi connectivity index (χ0n) is 6.75. The predicted octanol–water partition coefficient (Wildman–Crippen LogP) is 0.447. The van der Waals surface area contributed by atoms with Crippen LogP contribution in [0.1, 0.15) is 13.3 Å². The molecule has 0 aliphatic rings. The molecule has 0 aromatic carbocycles. The fourth-order valence-electron chi connectivity index (χ4n) is 0.476. The predicted molar refractivity (Wildman–Crippen MR) is 47.3 cm³/mol. The van der Waals surface area contributed by atoms with Crippen LogP contribution in [0.2, 0.25) is 0 Å². The van der Waals surface area contributed by atoms with Gasteiger partial charge in [-0.25, -0.2) is 13.1 Å². The monoisotopic (exact) mass is 210 g/mol. The summed E-state index contributed by atoms with van der Waals surface area (Å²) in [6.45, 7) is 1.63. The van der Waals surface area contributed by atoms with Gasteiger partial charge in [0.1, 0.15) is 0 Å². The van der Waals surface area contributed by atoms with Crippen molar-refractivity contribution in [1.82, 2.24) is 4.72 Å². The number of hydrogen-bond acceptors (Lipinski definition) is 3. The van der Waals surface area contributed by atoms with Gasteiger partial charge in [-0.2, -0.15) is 5.26 Å². The van der Waals surface area contributed by atoms with E-state index in [-0.39, 0.29) is 6.54 Å². The van der Waals surface area contributed by atoms with Gasteiger partial charge in [0.25, 0.3) is 0 Å². The summed E-state index contributed by atoms with van der Waals surface area (Å²) in [5, 5.41) is 7.33. The molecule has 0 aromatic rings. The maximum atomic E-state index is 11.1. The molecule has 0 spiro atoms. The van der Waals surface area contributed by atoms with Crippen molar-refractivity contribution in [3.8, 4) is 6.07 Å². The Morgan fingerprint density at radius 2 is 2.25 bits per heavy atom. The number of sulfonamides is 1. The Balaban J connectivity index is 3.99. The Morgan fingerprint density at radius 3 is 2.67 bits per heavy atom. The molecule has 0 fully saturated rings. The Hall–Kier alpha value is -0.310. The number of nitrogens with zero attached hydrogens (tertiary/aromatic N) is 1. The molecule has 1 unspecified atom stereocenters. The van der Waals surface area contributed by atoms with Crippen LogP contribution >= 0.6 is 11.6 Å². The largest absolute Gasteiger partial charge is 0.227 e. The number of alkyl halides is 1. The molecule has 0 saturated heterocycles. The van der Waals surface area contributed by atoms with E-state index in [0.717, 1.165) is 0 Å². The first-order valence-corrected chi connectivity index (χ1v) is 5.56. The third kappa shape index (κ3) is 3.90. The van der Waals surface area contributed by atoms with Crippen molar-refractivity contribution < 1.29 is 8.42 Å². The van der Waals surface area contributed by atoms with Crippen LogP contribution in [-0.2, 0) is 10.0 Å². The van der Waals surface area contributed by atoms with Gasteiger partial charge in [0.15, 0.2) is 5.25 Å². The minimum absolute atomic E-state index is 0.290. The number of rotatable bonds is 5. The quantitative estimate of drug-likeness (QED) is 0.529. The van der Waals surface area contributed by atoms with E-state index in [9.17, 15) is 8.42 Å². The lowest BCUT2D eigenvalue weighted by Gasteiger charge is -2.05. The summed E-state index contributed by atoms with van der Waals surface area (Å²) in [6.07, 6.45) is 0.568. The van der Waals surface area contributed by atoms with Crippen LogP contribution in [0, 0.1) is 11.3 Å². The highest BCUT2D eigenvalue weighted by Crippen LogP contribution is 1.95. The molecule has 0 amide bonds. The lowest BCUT2D eigenvalue weighted by Crippen LogP contribution is -2.32. The average Bonchev–Trinajstić information content (AvgIpc) is 2.03. The highest BCUT2D eigenvalue weighted by molar-refractivity contribution is 7.90. The topological polar surface area (TPSA) is 70.0 Å². The van der Waals surface area contributed by atoms with E-state index in [0.29, 0.717) is 12.3 Å². The van der Waals surface area contributed by atoms with Crippen LogP contribution in [0.25, 0.3) is 0 Å². The summed E-state index contributed by atoms with van der Waals surface area (Å²) >= 11 is 5.34. The van der Waals surface area contributed by atoms with Gasteiger partial charge in [0, 0.05) is 12.4 Å². The minimum Gasteiger partial charge on any atom is -0.214 e. The Labute approximate surface area is 77.6 Å². The second kappa shape index (κ2) is 5.36. The van der Waals surface area contributed by atoms with E-state index < -0.39 is 15.3 Å². The van der Waals surface area contributed by atoms with Crippen molar-refractivity contribution in [2.75, 3.05) is 12.4 Å². The molecule has 0 rings (SSSR count). The van der Waals surface area contributed by atoms with Crippen LogP contribution in [0.15, 0.2) is 0 Å². The second-order valence-electron chi connectivity index (χ2n) is 2.25. The number of halogens is 1. The smallest absolute Gasteiger partial charge is 0.214 e. The van der Waals surface area contributed by atoms with Crippen molar-refractivity contribution in [3.05, 3.63) is 0 Å². The van der Waals surface area contributed by atoms with Crippen LogP contribution in [0.5, 0.6) is 0 Å². The average molecular weight is 211 g/mol. The summed E-state index contributed by atoms with van der Waals surface area (Å²) < 4.78 is 24.4. The number of nitriles is 1. The Morgan fingerprint density at radius 1 is 1.67 bits per heavy atom. The number of hydrogen-bond donors (Lipinski definition) is 1. The fraction of sp³-hybridized carbons (Fsp3) is 0.833. The molecule has 0 saturated carbocycles. The zero-order chi connectivity index (χ0) is 9.61. The first-order chi connectivity index (χ1) is 5.54. The van der Waals surface area contributed by atoms with E-state index in [2.05, 4.69) is 4.72 Å². The SMILES string of the molecule is CC(C#N)S(=O)(=O)NCCCCl. The standard InChI is InChI=1S/C6H11ClN2O2S/c1-6(5-8)12(10,11)9-4-2-3-7/h6,9H,2-4H2,1H3. The molecule has 0 aromatic heterocycles. The molecular weight excluding hydrogens is 200 g/mol. The summed E-state index contributed by atoms with van der Waals surface area (Å²) in [5.74, 6) is 0.406. The molecule has 1 atom stereocenters. The molecule has 12 heavy (non-hydrogen) atoms. The highest BCUT2D eigenvalue weighted by atomic mass is 35.5. The van der Waals surface area contributed by atoms with Gasteiger partial charge in [-0.05, 0) is 13.3 Å². The van der Waals surface area contributed by atoms with Crippen molar-refractivity contribution in [2.24, 2.45) is 0 Å². The van der Waals surface area contributed by atoms with Crippen molar-refractivity contribution in [1.29, 1.82) is 5.26 Å². The van der Waals surface area contributed by atoms with E-state index in [1.54, 1.807) is 6.07 Å². The number of nitrogens with one attached hydrogen (secondary N) is 1. The van der Waals surface area contributed by atoms with Gasteiger partial charge in [-0.1, -0.05) is 0 Å². The van der Waals surface area contributed by atoms with Crippen molar-refractivity contribution in [2.45, 2.75) is 18.6 Å². The summed E-state index contributed by atoms with van der Waals surface area (Å²) in [4.78, 5) is 0. The Kier molecular flexibility index (Phi) is 5.22. The molecule has 1 N–H and O–H groups in total. The molecule has 4 nitrogen and oxygen atoms in total. The molecule has 0 radical (unpaired) electrons. The third-order valence-electron chi connectivity index (χ3n) is 1.26. The fourth-order valence-corrected chi connectivity index (χ4v) is 1.43. The maximum absolute atomic E-state index is 11.1. The van der Waals surface area contributed by atoms with Gasteiger partial charge in [-0.15, -0.1) is 11.6 Å². The normalized spacial score (nSPS) is 13.8. The molecule has 0 aliphatic carbocycles. The second-order valence-corrected chi connectivity index (χ2v) is 4.72. The molecule has 0 bridgehead atoms. The van der Waals surface area contributed by atoms with Crippen molar-refractivity contribution >= 4 is 21.6 Å². The van der Waals surface area contributed by atoms with Gasteiger partial charge in [0.2, 0.25) is 10.0 Å². The lowest BCUT2D eigenvalue weighted by molar-refractivity contribution is 0.576. The van der Waals surface area contributed by atoms with Crippen LogP contribution in [0.4, 0.5) is 0 Å². The molecule has 6 heteroatoms. The molecular formula is C6H11ClN2O2S. The van der Waals surface area contributed by atoms with Crippen molar-refractivity contribution in [3.63, 3.8) is 0 Å². The van der Waals surface area contributed by atoms with Gasteiger partial charge < -0.3 is 0 Å². The zero-order valence-corrected chi connectivity index (χ0v) is 8.32. The lowest BCUT2D eigenvalue weighted by atomic mass is 10.5. The van der Waals surface area contributed by atoms with Crippen LogP contribution < -0.4 is 4.72 Å². The van der Waals surface area contributed by atoms with Crippen LogP contribution in [-0.4, -0.2) is 26.1 Å². The van der Waals surface area contributed by atoms with Gasteiger partial charge in [-0.3, -0.25) is 0 Å². The Bertz CT molecular complexity index is 257. The minimum atomic E-state index is -3.45. The van der Waals surface area contributed by atoms with E-state index in [4.69, 9.17) is 16.9 Å². The first kappa shape index (κ1) is 11.7. The van der Waals surface area contributed by atoms with E-state index >= 15 is 0 Å². The molecule has 70 valence electrons. The molecule has 0 heterocycles. The van der Waals surface area contributed by atoms with Gasteiger partial charge >= 0.3 is 0 Å². The van der Waals surface area contributed by atoms with E-state index in [1.165, 1.54) is 6.92 Å². The summed E-state index contributed by atoms with van der Waals surface area (Å²) in [6, 6.07) is 1.65. The van der Waals surface area contributed by atoms with E-state index in [1.807, 2.05) is 0 Å². The highest BCUT2D eigenvalue weighted by Gasteiger charge is 2.18. The molecule has 0 aliphatic heterocycles. The van der Waals surface area contributed by atoms with Gasteiger partial charge in [0.05, 0.1) is 6.07 Å². The summed E-state index contributed by atoms with van der Waals surface area (Å²) in [7, 11) is -3.45.